The lowest BCUT2D eigenvalue weighted by molar-refractivity contribution is -0.111. The molecule has 0 aliphatic carbocycles. The third-order valence-corrected chi connectivity index (χ3v) is 5.81. The highest BCUT2D eigenvalue weighted by molar-refractivity contribution is 6.02. The molecule has 0 radical (unpaired) electrons. The van der Waals surface area contributed by atoms with Crippen molar-refractivity contribution in [2.75, 3.05) is 18.4 Å². The van der Waals surface area contributed by atoms with Gasteiger partial charge in [0.15, 0.2) is 0 Å². The molecule has 1 amide bonds. The van der Waals surface area contributed by atoms with Crippen molar-refractivity contribution in [3.8, 4) is 11.1 Å². The smallest absolute Gasteiger partial charge is 0.248 e. The van der Waals surface area contributed by atoms with Gasteiger partial charge in [0.1, 0.15) is 0 Å². The molecular weight excluding hydrogens is 396 g/mol. The van der Waals surface area contributed by atoms with E-state index >= 15 is 0 Å². The van der Waals surface area contributed by atoms with Crippen LogP contribution in [0.15, 0.2) is 78.9 Å². The number of rotatable bonds is 6. The van der Waals surface area contributed by atoms with E-state index in [9.17, 15) is 9.90 Å². The Morgan fingerprint density at radius 2 is 1.84 bits per heavy atom. The van der Waals surface area contributed by atoms with Crippen LogP contribution in [0.2, 0.25) is 0 Å². The Balaban J connectivity index is 1.33. The van der Waals surface area contributed by atoms with E-state index in [1.165, 1.54) is 11.1 Å². The molecule has 1 atom stereocenters. The molecule has 1 aliphatic rings. The summed E-state index contributed by atoms with van der Waals surface area (Å²) >= 11 is 0. The van der Waals surface area contributed by atoms with Gasteiger partial charge in [-0.15, -0.1) is 0 Å². The van der Waals surface area contributed by atoms with Crippen LogP contribution in [0.5, 0.6) is 0 Å². The number of nitrogens with zero attached hydrogens (tertiary/aromatic N) is 1. The van der Waals surface area contributed by atoms with Crippen molar-refractivity contribution in [3.63, 3.8) is 0 Å². The number of likely N-dealkylation sites (tertiary alicyclic amines) is 1. The number of hydrogen-bond acceptors (Lipinski definition) is 3. The minimum atomic E-state index is -0.216. The van der Waals surface area contributed by atoms with E-state index in [4.69, 9.17) is 0 Å². The maximum absolute atomic E-state index is 12.4. The first kappa shape index (κ1) is 22.0. The number of hydrogen-bond donors (Lipinski definition) is 2. The van der Waals surface area contributed by atoms with E-state index in [1.807, 2.05) is 42.5 Å². The molecular formula is C28H30N2O2. The topological polar surface area (TPSA) is 52.6 Å². The second-order valence-electron chi connectivity index (χ2n) is 8.54. The fourth-order valence-electron chi connectivity index (χ4n) is 4.05. The van der Waals surface area contributed by atoms with Gasteiger partial charge in [-0.05, 0) is 72.8 Å². The van der Waals surface area contributed by atoms with E-state index < -0.39 is 0 Å². The van der Waals surface area contributed by atoms with Gasteiger partial charge in [0.05, 0.1) is 6.10 Å². The van der Waals surface area contributed by atoms with Crippen LogP contribution >= 0.6 is 0 Å². The molecule has 1 saturated heterocycles. The lowest BCUT2D eigenvalue weighted by atomic mass is 10.0. The zero-order valence-corrected chi connectivity index (χ0v) is 18.5. The molecule has 3 aromatic carbocycles. The summed E-state index contributed by atoms with van der Waals surface area (Å²) in [7, 11) is 0. The quantitative estimate of drug-likeness (QED) is 0.528. The summed E-state index contributed by atoms with van der Waals surface area (Å²) in [6.07, 6.45) is 5.12. The Bertz CT molecular complexity index is 1070. The number of aliphatic hydroxyl groups is 1. The van der Waals surface area contributed by atoms with Gasteiger partial charge >= 0.3 is 0 Å². The molecule has 4 rings (SSSR count). The van der Waals surface area contributed by atoms with Gasteiger partial charge in [-0.2, -0.15) is 0 Å². The van der Waals surface area contributed by atoms with Crippen molar-refractivity contribution in [2.24, 2.45) is 0 Å². The van der Waals surface area contributed by atoms with Crippen LogP contribution in [0.1, 0.15) is 29.5 Å². The molecule has 32 heavy (non-hydrogen) atoms. The van der Waals surface area contributed by atoms with Gasteiger partial charge < -0.3 is 10.4 Å². The second-order valence-corrected chi connectivity index (χ2v) is 8.54. The largest absolute Gasteiger partial charge is 0.392 e. The van der Waals surface area contributed by atoms with E-state index in [1.54, 1.807) is 6.08 Å². The molecule has 4 heteroatoms. The van der Waals surface area contributed by atoms with Crippen LogP contribution in [-0.2, 0) is 11.3 Å². The highest BCUT2D eigenvalue weighted by atomic mass is 16.3. The maximum Gasteiger partial charge on any atom is 0.248 e. The van der Waals surface area contributed by atoms with Crippen molar-refractivity contribution < 1.29 is 9.90 Å². The summed E-state index contributed by atoms with van der Waals surface area (Å²) in [5.74, 6) is -0.155. The normalized spacial score (nSPS) is 16.9. The van der Waals surface area contributed by atoms with Crippen LogP contribution in [-0.4, -0.2) is 35.1 Å². The SMILES string of the molecule is Cc1ccc(-c2cccc(C=CC(=O)Nc3ccc(CN4CCCC(O)C4)cc3)c2)cc1. The summed E-state index contributed by atoms with van der Waals surface area (Å²) in [4.78, 5) is 14.7. The molecule has 1 heterocycles. The monoisotopic (exact) mass is 426 g/mol. The average Bonchev–Trinajstić information content (AvgIpc) is 2.80. The molecule has 164 valence electrons. The van der Waals surface area contributed by atoms with E-state index in [-0.39, 0.29) is 12.0 Å². The molecule has 0 spiro atoms. The first-order chi connectivity index (χ1) is 15.5. The molecule has 2 N–H and O–H groups in total. The number of β-amino-alcohol motifs (C(OH)–C–C–N with tert-alkyl or cyclic N) is 1. The van der Waals surface area contributed by atoms with Gasteiger partial charge in [0.2, 0.25) is 5.91 Å². The minimum Gasteiger partial charge on any atom is -0.392 e. The third-order valence-electron chi connectivity index (χ3n) is 5.81. The average molecular weight is 427 g/mol. The zero-order valence-electron chi connectivity index (χ0n) is 18.5. The fraction of sp³-hybridized carbons (Fsp3) is 0.250. The number of anilines is 1. The molecule has 1 fully saturated rings. The van der Waals surface area contributed by atoms with Crippen molar-refractivity contribution in [2.45, 2.75) is 32.4 Å². The van der Waals surface area contributed by atoms with E-state index in [2.05, 4.69) is 53.5 Å². The Kier molecular flexibility index (Phi) is 7.15. The summed E-state index contributed by atoms with van der Waals surface area (Å²) < 4.78 is 0. The van der Waals surface area contributed by atoms with E-state index in [0.717, 1.165) is 54.9 Å². The number of aliphatic hydroxyl groups excluding tert-OH is 1. The lowest BCUT2D eigenvalue weighted by Crippen LogP contribution is -2.37. The van der Waals surface area contributed by atoms with Crippen molar-refractivity contribution >= 4 is 17.7 Å². The van der Waals surface area contributed by atoms with Crippen molar-refractivity contribution in [1.29, 1.82) is 0 Å². The van der Waals surface area contributed by atoms with Gasteiger partial charge in [0.25, 0.3) is 0 Å². The van der Waals surface area contributed by atoms with Crippen molar-refractivity contribution in [3.05, 3.63) is 95.6 Å². The predicted octanol–water partition coefficient (Wildman–Crippen LogP) is 5.27. The Labute approximate surface area is 190 Å². The highest BCUT2D eigenvalue weighted by Crippen LogP contribution is 2.21. The van der Waals surface area contributed by atoms with Crippen LogP contribution in [0, 0.1) is 6.92 Å². The number of benzene rings is 3. The van der Waals surface area contributed by atoms with Gasteiger partial charge in [0, 0.05) is 24.9 Å². The Morgan fingerprint density at radius 1 is 1.06 bits per heavy atom. The summed E-state index contributed by atoms with van der Waals surface area (Å²) in [6.45, 7) is 4.65. The standard InChI is InChI=1S/C28H30N2O2/c1-21-7-12-24(13-8-21)25-5-2-4-22(18-25)11-16-28(32)29-26-14-9-23(10-15-26)19-30-17-3-6-27(31)20-30/h2,4-5,7-16,18,27,31H,3,6,17,19-20H2,1H3,(H,29,32). The Morgan fingerprint density at radius 3 is 2.59 bits per heavy atom. The predicted molar refractivity (Wildman–Crippen MR) is 131 cm³/mol. The number of piperidine rings is 1. The van der Waals surface area contributed by atoms with Crippen LogP contribution < -0.4 is 5.32 Å². The van der Waals surface area contributed by atoms with Crippen LogP contribution in [0.25, 0.3) is 17.2 Å². The van der Waals surface area contributed by atoms with Gasteiger partial charge in [-0.25, -0.2) is 0 Å². The first-order valence-corrected chi connectivity index (χ1v) is 11.2. The zero-order chi connectivity index (χ0) is 22.3. The first-order valence-electron chi connectivity index (χ1n) is 11.2. The number of nitrogens with one attached hydrogen (secondary N) is 1. The van der Waals surface area contributed by atoms with Crippen LogP contribution in [0.3, 0.4) is 0 Å². The van der Waals surface area contributed by atoms with Crippen LogP contribution in [0.4, 0.5) is 5.69 Å². The number of carbonyl (C=O) groups is 1. The third kappa shape index (κ3) is 6.16. The number of aryl methyl sites for hydroxylation is 1. The van der Waals surface area contributed by atoms with Gasteiger partial charge in [-0.1, -0.05) is 60.2 Å². The molecule has 4 nitrogen and oxygen atoms in total. The van der Waals surface area contributed by atoms with E-state index in [0.29, 0.717) is 0 Å². The molecule has 1 unspecified atom stereocenters. The summed E-state index contributed by atoms with van der Waals surface area (Å²) in [5, 5.41) is 12.7. The highest BCUT2D eigenvalue weighted by Gasteiger charge is 2.17. The Hall–Kier alpha value is -3.21. The molecule has 0 saturated carbocycles. The molecule has 0 aromatic heterocycles. The summed E-state index contributed by atoms with van der Waals surface area (Å²) in [6, 6.07) is 24.5. The molecule has 1 aliphatic heterocycles. The lowest BCUT2D eigenvalue weighted by Gasteiger charge is -2.29. The number of amides is 1. The fourth-order valence-corrected chi connectivity index (χ4v) is 4.05. The van der Waals surface area contributed by atoms with Crippen molar-refractivity contribution in [1.82, 2.24) is 4.90 Å². The molecule has 0 bridgehead atoms. The number of carbonyl (C=O) groups excluding carboxylic acids is 1. The summed E-state index contributed by atoms with van der Waals surface area (Å²) in [5.41, 5.74) is 6.46. The van der Waals surface area contributed by atoms with Gasteiger partial charge in [-0.3, -0.25) is 9.69 Å². The minimum absolute atomic E-state index is 0.155. The second kappa shape index (κ2) is 10.4. The molecule has 3 aromatic rings. The maximum atomic E-state index is 12.4.